The van der Waals surface area contributed by atoms with Crippen LogP contribution in [-0.4, -0.2) is 42.2 Å². The Morgan fingerprint density at radius 1 is 1.38 bits per heavy atom. The maximum atomic E-state index is 13.0. The molecule has 2 aromatic heterocycles. The SMILES string of the molecule is COc1cn(C)c(C(=O)N2CCOCC2c2ccc(C)o2)cc1=O. The largest absolute Gasteiger partial charge is 0.491 e. The van der Waals surface area contributed by atoms with Crippen LogP contribution >= 0.6 is 0 Å². The lowest BCUT2D eigenvalue weighted by molar-refractivity contribution is -0.00947. The predicted molar refractivity (Wildman–Crippen MR) is 86.3 cm³/mol. The number of ether oxygens (including phenoxy) is 2. The van der Waals surface area contributed by atoms with Gasteiger partial charge in [-0.05, 0) is 19.1 Å². The Kier molecular flexibility index (Phi) is 4.44. The van der Waals surface area contributed by atoms with Crippen molar-refractivity contribution in [3.05, 3.63) is 51.8 Å². The Bertz CT molecular complexity index is 808. The highest BCUT2D eigenvalue weighted by Gasteiger charge is 2.32. The van der Waals surface area contributed by atoms with Crippen LogP contribution in [0.5, 0.6) is 5.75 Å². The van der Waals surface area contributed by atoms with Crippen molar-refractivity contribution in [3.8, 4) is 5.75 Å². The van der Waals surface area contributed by atoms with Gasteiger partial charge in [0.15, 0.2) is 5.75 Å². The molecule has 1 aliphatic heterocycles. The van der Waals surface area contributed by atoms with Crippen LogP contribution in [0.4, 0.5) is 0 Å². The van der Waals surface area contributed by atoms with E-state index in [0.29, 0.717) is 31.2 Å². The highest BCUT2D eigenvalue weighted by atomic mass is 16.5. The number of methoxy groups -OCH3 is 1. The Hall–Kier alpha value is -2.54. The second-order valence-electron chi connectivity index (χ2n) is 5.74. The Morgan fingerprint density at radius 2 is 2.17 bits per heavy atom. The van der Waals surface area contributed by atoms with E-state index in [2.05, 4.69) is 0 Å². The van der Waals surface area contributed by atoms with Crippen LogP contribution in [0.2, 0.25) is 0 Å². The summed E-state index contributed by atoms with van der Waals surface area (Å²) in [5, 5.41) is 0. The molecule has 1 saturated heterocycles. The van der Waals surface area contributed by atoms with Crippen molar-refractivity contribution in [3.63, 3.8) is 0 Å². The molecule has 0 bridgehead atoms. The van der Waals surface area contributed by atoms with Crippen molar-refractivity contribution >= 4 is 5.91 Å². The molecule has 0 N–H and O–H groups in total. The van der Waals surface area contributed by atoms with Crippen molar-refractivity contribution in [1.29, 1.82) is 0 Å². The Labute approximate surface area is 139 Å². The molecule has 2 aromatic rings. The lowest BCUT2D eigenvalue weighted by Crippen LogP contribution is -2.44. The fourth-order valence-corrected chi connectivity index (χ4v) is 2.83. The predicted octanol–water partition coefficient (Wildman–Crippen LogP) is 1.51. The Morgan fingerprint density at radius 3 is 2.83 bits per heavy atom. The lowest BCUT2D eigenvalue weighted by atomic mass is 10.1. The summed E-state index contributed by atoms with van der Waals surface area (Å²) in [6.45, 7) is 3.10. The molecule has 0 aromatic carbocycles. The molecule has 3 rings (SSSR count). The minimum absolute atomic E-state index is 0.203. The third kappa shape index (κ3) is 2.94. The number of aromatic nitrogens is 1. The van der Waals surface area contributed by atoms with Gasteiger partial charge >= 0.3 is 0 Å². The normalized spacial score (nSPS) is 17.8. The standard InChI is InChI=1S/C17H20N2O5/c1-11-4-5-15(24-11)13-10-23-7-6-19(13)17(21)12-8-14(20)16(22-3)9-18(12)2/h4-5,8-9,13H,6-7,10H2,1-3H3. The fraction of sp³-hybridized carbons (Fsp3) is 0.412. The highest BCUT2D eigenvalue weighted by Crippen LogP contribution is 2.27. The highest BCUT2D eigenvalue weighted by molar-refractivity contribution is 5.93. The molecule has 3 heterocycles. The van der Waals surface area contributed by atoms with Crippen LogP contribution in [0, 0.1) is 6.92 Å². The molecular formula is C17H20N2O5. The van der Waals surface area contributed by atoms with Crippen molar-refractivity contribution in [2.24, 2.45) is 7.05 Å². The Balaban J connectivity index is 1.95. The first kappa shape index (κ1) is 16.3. The van der Waals surface area contributed by atoms with Gasteiger partial charge in [-0.2, -0.15) is 0 Å². The summed E-state index contributed by atoms with van der Waals surface area (Å²) in [6.07, 6.45) is 1.52. The van der Waals surface area contributed by atoms with E-state index in [1.807, 2.05) is 19.1 Å². The van der Waals surface area contributed by atoms with Gasteiger partial charge in [0.2, 0.25) is 5.43 Å². The number of morpholine rings is 1. The van der Waals surface area contributed by atoms with Crippen LogP contribution in [-0.2, 0) is 11.8 Å². The molecule has 0 aliphatic carbocycles. The first-order chi connectivity index (χ1) is 11.5. The van der Waals surface area contributed by atoms with Crippen LogP contribution in [0.3, 0.4) is 0 Å². The zero-order chi connectivity index (χ0) is 17.3. The molecular weight excluding hydrogens is 312 g/mol. The first-order valence-corrected chi connectivity index (χ1v) is 7.71. The summed E-state index contributed by atoms with van der Waals surface area (Å²) in [5.74, 6) is 1.42. The van der Waals surface area contributed by atoms with Crippen LogP contribution in [0.1, 0.15) is 28.1 Å². The number of pyridine rings is 1. The molecule has 0 spiro atoms. The van der Waals surface area contributed by atoms with E-state index in [1.165, 1.54) is 19.4 Å². The number of carbonyl (C=O) groups is 1. The van der Waals surface area contributed by atoms with Gasteiger partial charge in [0.25, 0.3) is 5.91 Å². The third-order valence-corrected chi connectivity index (χ3v) is 4.12. The number of hydrogen-bond donors (Lipinski definition) is 0. The van der Waals surface area contributed by atoms with Gasteiger partial charge in [-0.25, -0.2) is 0 Å². The zero-order valence-corrected chi connectivity index (χ0v) is 13.9. The number of carbonyl (C=O) groups excluding carboxylic acids is 1. The molecule has 128 valence electrons. The van der Waals surface area contributed by atoms with Gasteiger partial charge < -0.3 is 23.4 Å². The monoisotopic (exact) mass is 332 g/mol. The summed E-state index contributed by atoms with van der Waals surface area (Å²) < 4.78 is 17.8. The van der Waals surface area contributed by atoms with Crippen molar-refractivity contribution < 1.29 is 18.7 Å². The van der Waals surface area contributed by atoms with E-state index in [4.69, 9.17) is 13.9 Å². The molecule has 0 radical (unpaired) electrons. The van der Waals surface area contributed by atoms with E-state index in [-0.39, 0.29) is 23.1 Å². The van der Waals surface area contributed by atoms with Crippen LogP contribution < -0.4 is 10.2 Å². The number of hydrogen-bond acceptors (Lipinski definition) is 5. The van der Waals surface area contributed by atoms with Crippen LogP contribution in [0.15, 0.2) is 33.6 Å². The summed E-state index contributed by atoms with van der Waals surface area (Å²) in [7, 11) is 3.14. The van der Waals surface area contributed by atoms with E-state index >= 15 is 0 Å². The van der Waals surface area contributed by atoms with E-state index < -0.39 is 0 Å². The average Bonchev–Trinajstić information content (AvgIpc) is 3.02. The first-order valence-electron chi connectivity index (χ1n) is 7.71. The van der Waals surface area contributed by atoms with E-state index in [0.717, 1.165) is 5.76 Å². The molecule has 7 heteroatoms. The molecule has 1 amide bonds. The minimum Gasteiger partial charge on any atom is -0.491 e. The maximum Gasteiger partial charge on any atom is 0.271 e. The molecule has 1 aliphatic rings. The summed E-state index contributed by atoms with van der Waals surface area (Å²) in [4.78, 5) is 26.7. The second kappa shape index (κ2) is 6.52. The third-order valence-electron chi connectivity index (χ3n) is 4.12. The van der Waals surface area contributed by atoms with Gasteiger partial charge in [0.05, 0.1) is 26.5 Å². The smallest absolute Gasteiger partial charge is 0.271 e. The van der Waals surface area contributed by atoms with Crippen molar-refractivity contribution in [2.45, 2.75) is 13.0 Å². The minimum atomic E-state index is -0.322. The van der Waals surface area contributed by atoms with Gasteiger partial charge in [0, 0.05) is 19.7 Å². The van der Waals surface area contributed by atoms with Gasteiger partial charge in [0.1, 0.15) is 23.3 Å². The summed E-state index contributed by atoms with van der Waals surface area (Å²) in [5.41, 5.74) is -0.0198. The molecule has 1 fully saturated rings. The molecule has 7 nitrogen and oxygen atoms in total. The molecule has 24 heavy (non-hydrogen) atoms. The quantitative estimate of drug-likeness (QED) is 0.852. The van der Waals surface area contributed by atoms with Crippen molar-refractivity contribution in [2.75, 3.05) is 26.9 Å². The molecule has 1 atom stereocenters. The summed E-state index contributed by atoms with van der Waals surface area (Å²) in [6, 6.07) is 4.70. The average molecular weight is 332 g/mol. The zero-order valence-electron chi connectivity index (χ0n) is 13.9. The fourth-order valence-electron chi connectivity index (χ4n) is 2.83. The number of aryl methyl sites for hydroxylation is 2. The lowest BCUT2D eigenvalue weighted by Gasteiger charge is -2.34. The second-order valence-corrected chi connectivity index (χ2v) is 5.74. The van der Waals surface area contributed by atoms with E-state index in [9.17, 15) is 9.59 Å². The van der Waals surface area contributed by atoms with Gasteiger partial charge in [-0.1, -0.05) is 0 Å². The van der Waals surface area contributed by atoms with Gasteiger partial charge in [-0.15, -0.1) is 0 Å². The number of rotatable bonds is 3. The van der Waals surface area contributed by atoms with Crippen LogP contribution in [0.25, 0.3) is 0 Å². The number of amides is 1. The molecule has 1 unspecified atom stereocenters. The van der Waals surface area contributed by atoms with Gasteiger partial charge in [-0.3, -0.25) is 9.59 Å². The summed E-state index contributed by atoms with van der Waals surface area (Å²) >= 11 is 0. The van der Waals surface area contributed by atoms with E-state index in [1.54, 1.807) is 16.5 Å². The molecule has 0 saturated carbocycles. The maximum absolute atomic E-state index is 13.0. The van der Waals surface area contributed by atoms with Crippen molar-refractivity contribution in [1.82, 2.24) is 9.47 Å². The topological polar surface area (TPSA) is 73.9 Å². The number of nitrogens with zero attached hydrogens (tertiary/aromatic N) is 2. The number of furan rings is 1.